The lowest BCUT2D eigenvalue weighted by atomic mass is 10.2. The average Bonchev–Trinajstić information content (AvgIpc) is 2.17. The summed E-state index contributed by atoms with van der Waals surface area (Å²) >= 11 is 0. The van der Waals surface area contributed by atoms with Crippen molar-refractivity contribution in [2.75, 3.05) is 11.5 Å². The van der Waals surface area contributed by atoms with Gasteiger partial charge in [0.2, 0.25) is 5.82 Å². The van der Waals surface area contributed by atoms with Crippen molar-refractivity contribution in [1.29, 1.82) is 0 Å². The molecule has 0 saturated carbocycles. The number of rotatable bonds is 1. The van der Waals surface area contributed by atoms with Crippen LogP contribution in [0.3, 0.4) is 0 Å². The van der Waals surface area contributed by atoms with Gasteiger partial charge in [0, 0.05) is 17.8 Å². The van der Waals surface area contributed by atoms with Gasteiger partial charge in [-0.25, -0.2) is 4.98 Å². The Morgan fingerprint density at radius 2 is 2.13 bits per heavy atom. The molecule has 0 fully saturated rings. The molecule has 76 valence electrons. The lowest BCUT2D eigenvalue weighted by Gasteiger charge is -2.03. The molecule has 7 heteroatoms. The summed E-state index contributed by atoms with van der Waals surface area (Å²) in [6, 6.07) is 1.59. The number of fused-ring (bicyclic) bond motifs is 1. The van der Waals surface area contributed by atoms with Crippen LogP contribution >= 0.6 is 0 Å². The first kappa shape index (κ1) is 9.13. The maximum Gasteiger partial charge on any atom is 0.334 e. The Bertz CT molecular complexity index is 554. The monoisotopic (exact) mass is 205 g/mol. The molecule has 4 N–H and O–H groups in total. The van der Waals surface area contributed by atoms with Crippen LogP contribution in [0, 0.1) is 10.1 Å². The molecule has 7 nitrogen and oxygen atoms in total. The summed E-state index contributed by atoms with van der Waals surface area (Å²) in [5.74, 6) is -0.184. The second kappa shape index (κ2) is 3.05. The van der Waals surface area contributed by atoms with Gasteiger partial charge in [0.05, 0.1) is 10.4 Å². The van der Waals surface area contributed by atoms with Crippen molar-refractivity contribution in [1.82, 2.24) is 9.97 Å². The fourth-order valence-electron chi connectivity index (χ4n) is 1.33. The number of nitrogen functional groups attached to an aromatic ring is 2. The third-order valence-electron chi connectivity index (χ3n) is 2.01. The molecule has 2 aromatic heterocycles. The number of nitrogens with zero attached hydrogens (tertiary/aromatic N) is 3. The molecule has 0 spiro atoms. The Morgan fingerprint density at radius 1 is 1.40 bits per heavy atom. The Morgan fingerprint density at radius 3 is 2.80 bits per heavy atom. The summed E-state index contributed by atoms with van der Waals surface area (Å²) in [6.45, 7) is 0. The van der Waals surface area contributed by atoms with Gasteiger partial charge in [-0.3, -0.25) is 15.1 Å². The second-order valence-electron chi connectivity index (χ2n) is 2.91. The molecule has 0 amide bonds. The average molecular weight is 205 g/mol. The SMILES string of the molecule is Nc1nc2ccncc2c(N)c1[N+](=O)[O-]. The molecule has 0 bridgehead atoms. The quantitative estimate of drug-likeness (QED) is 0.522. The van der Waals surface area contributed by atoms with Crippen molar-refractivity contribution in [3.8, 4) is 0 Å². The number of pyridine rings is 2. The third kappa shape index (κ3) is 1.30. The van der Waals surface area contributed by atoms with E-state index in [9.17, 15) is 10.1 Å². The molecule has 0 unspecified atom stereocenters. The van der Waals surface area contributed by atoms with E-state index in [4.69, 9.17) is 11.5 Å². The topological polar surface area (TPSA) is 121 Å². The summed E-state index contributed by atoms with van der Waals surface area (Å²) < 4.78 is 0. The summed E-state index contributed by atoms with van der Waals surface area (Å²) in [7, 11) is 0. The van der Waals surface area contributed by atoms with Gasteiger partial charge in [-0.15, -0.1) is 0 Å². The first-order valence-electron chi connectivity index (χ1n) is 4.04. The van der Waals surface area contributed by atoms with Crippen LogP contribution in [0.2, 0.25) is 0 Å². The fourth-order valence-corrected chi connectivity index (χ4v) is 1.33. The zero-order chi connectivity index (χ0) is 11.0. The van der Waals surface area contributed by atoms with Crippen LogP contribution in [0.4, 0.5) is 17.2 Å². The van der Waals surface area contributed by atoms with E-state index in [0.29, 0.717) is 10.9 Å². The summed E-state index contributed by atoms with van der Waals surface area (Å²) in [4.78, 5) is 17.7. The van der Waals surface area contributed by atoms with Crippen LogP contribution in [0.25, 0.3) is 10.9 Å². The molecule has 2 heterocycles. The lowest BCUT2D eigenvalue weighted by Crippen LogP contribution is -2.04. The number of nitro groups is 1. The lowest BCUT2D eigenvalue weighted by molar-refractivity contribution is -0.383. The highest BCUT2D eigenvalue weighted by molar-refractivity contribution is 5.97. The number of hydrogen-bond acceptors (Lipinski definition) is 6. The van der Waals surface area contributed by atoms with Crippen LogP contribution in [0.15, 0.2) is 18.5 Å². The molecule has 0 aliphatic heterocycles. The highest BCUT2D eigenvalue weighted by Gasteiger charge is 2.20. The highest BCUT2D eigenvalue weighted by Crippen LogP contribution is 2.32. The molecular formula is C8H7N5O2. The van der Waals surface area contributed by atoms with E-state index in [0.717, 1.165) is 0 Å². The van der Waals surface area contributed by atoms with Gasteiger partial charge in [-0.2, -0.15) is 0 Å². The predicted octanol–water partition coefficient (Wildman–Crippen LogP) is 0.702. The van der Waals surface area contributed by atoms with Gasteiger partial charge < -0.3 is 11.5 Å². The third-order valence-corrected chi connectivity index (χ3v) is 2.01. The van der Waals surface area contributed by atoms with Crippen molar-refractivity contribution >= 4 is 28.1 Å². The number of nitrogens with two attached hydrogens (primary N) is 2. The van der Waals surface area contributed by atoms with Crippen LogP contribution in [0.5, 0.6) is 0 Å². The fraction of sp³-hybridized carbons (Fsp3) is 0. The van der Waals surface area contributed by atoms with Crippen molar-refractivity contribution in [2.45, 2.75) is 0 Å². The first-order valence-corrected chi connectivity index (χ1v) is 4.04. The zero-order valence-corrected chi connectivity index (χ0v) is 7.54. The van der Waals surface area contributed by atoms with E-state index in [1.807, 2.05) is 0 Å². The largest absolute Gasteiger partial charge is 0.392 e. The summed E-state index contributed by atoms with van der Waals surface area (Å²) in [6.07, 6.45) is 2.93. The van der Waals surface area contributed by atoms with E-state index in [1.54, 1.807) is 6.07 Å². The number of anilines is 2. The standard InChI is InChI=1S/C8H7N5O2/c9-6-4-3-11-2-1-5(4)12-8(10)7(6)13(14)15/h1-3H,(H4,9,10,12). The number of aromatic nitrogens is 2. The van der Waals surface area contributed by atoms with Crippen LogP contribution < -0.4 is 11.5 Å². The Labute approximate surface area is 83.9 Å². The van der Waals surface area contributed by atoms with Gasteiger partial charge in [-0.1, -0.05) is 0 Å². The Hall–Kier alpha value is -2.44. The minimum absolute atomic E-state index is 0.00407. The van der Waals surface area contributed by atoms with E-state index >= 15 is 0 Å². The minimum Gasteiger partial charge on any atom is -0.392 e. The predicted molar refractivity (Wildman–Crippen MR) is 55.0 cm³/mol. The Balaban J connectivity index is 2.90. The number of hydrogen-bond donors (Lipinski definition) is 2. The molecule has 0 aliphatic rings. The van der Waals surface area contributed by atoms with Gasteiger partial charge >= 0.3 is 5.69 Å². The van der Waals surface area contributed by atoms with Crippen LogP contribution in [-0.2, 0) is 0 Å². The summed E-state index contributed by atoms with van der Waals surface area (Å²) in [5.41, 5.74) is 11.2. The van der Waals surface area contributed by atoms with Crippen molar-refractivity contribution in [3.63, 3.8) is 0 Å². The van der Waals surface area contributed by atoms with Gasteiger partial charge in [-0.05, 0) is 6.07 Å². The maximum absolute atomic E-state index is 10.7. The van der Waals surface area contributed by atoms with E-state index in [1.165, 1.54) is 12.4 Å². The molecule has 0 atom stereocenters. The Kier molecular flexibility index (Phi) is 1.86. The van der Waals surface area contributed by atoms with Crippen LogP contribution in [0.1, 0.15) is 0 Å². The van der Waals surface area contributed by atoms with Gasteiger partial charge in [0.1, 0.15) is 5.69 Å². The first-order chi connectivity index (χ1) is 7.11. The molecule has 0 aliphatic carbocycles. The van der Waals surface area contributed by atoms with E-state index in [-0.39, 0.29) is 17.2 Å². The van der Waals surface area contributed by atoms with Gasteiger partial charge in [0.25, 0.3) is 0 Å². The minimum atomic E-state index is -0.649. The molecule has 2 aromatic rings. The molecular weight excluding hydrogens is 198 g/mol. The summed E-state index contributed by atoms with van der Waals surface area (Å²) in [5, 5.41) is 11.1. The van der Waals surface area contributed by atoms with Crippen LogP contribution in [-0.4, -0.2) is 14.9 Å². The van der Waals surface area contributed by atoms with Crippen molar-refractivity contribution in [2.24, 2.45) is 0 Å². The normalized spacial score (nSPS) is 10.4. The van der Waals surface area contributed by atoms with E-state index < -0.39 is 4.92 Å². The zero-order valence-electron chi connectivity index (χ0n) is 7.54. The van der Waals surface area contributed by atoms with Crippen molar-refractivity contribution < 1.29 is 4.92 Å². The molecule has 2 rings (SSSR count). The molecule has 0 aromatic carbocycles. The van der Waals surface area contributed by atoms with Crippen molar-refractivity contribution in [3.05, 3.63) is 28.6 Å². The van der Waals surface area contributed by atoms with E-state index in [2.05, 4.69) is 9.97 Å². The smallest absolute Gasteiger partial charge is 0.334 e. The molecule has 15 heavy (non-hydrogen) atoms. The molecule has 0 saturated heterocycles. The maximum atomic E-state index is 10.7. The second-order valence-corrected chi connectivity index (χ2v) is 2.91. The molecule has 0 radical (unpaired) electrons. The van der Waals surface area contributed by atoms with Gasteiger partial charge in [0.15, 0.2) is 0 Å². The highest BCUT2D eigenvalue weighted by atomic mass is 16.6.